The molecule has 0 saturated heterocycles. The van der Waals surface area contributed by atoms with Crippen LogP contribution in [-0.2, 0) is 11.8 Å². The van der Waals surface area contributed by atoms with Gasteiger partial charge in [-0.1, -0.05) is 184 Å². The van der Waals surface area contributed by atoms with Gasteiger partial charge in [-0.05, 0) is 234 Å². The Labute approximate surface area is 542 Å². The van der Waals surface area contributed by atoms with Gasteiger partial charge in [0.15, 0.2) is 0 Å². The van der Waals surface area contributed by atoms with Gasteiger partial charge in [-0.15, -0.1) is 0 Å². The summed E-state index contributed by atoms with van der Waals surface area (Å²) in [6, 6.07) is 94.1. The number of nitrogens with zero attached hydrogens (tertiary/aromatic N) is 2. The minimum atomic E-state index is -0.439. The van der Waals surface area contributed by atoms with Gasteiger partial charge >= 0.3 is 0 Å². The summed E-state index contributed by atoms with van der Waals surface area (Å²) in [4.78, 5) is 2.40. The maximum absolute atomic E-state index is 6.54. The molecule has 1 aliphatic carbocycles. The number of benzene rings is 11. The molecule has 6 nitrogen and oxygen atoms in total. The van der Waals surface area contributed by atoms with Crippen LogP contribution in [0.15, 0.2) is 281 Å². The summed E-state index contributed by atoms with van der Waals surface area (Å²) in [5.74, 6) is 3.53. The molecule has 0 fully saturated rings. The average Bonchev–Trinajstić information content (AvgIpc) is 1.55. The number of unbranched alkanes of at least 4 members (excludes halogenated alkanes) is 6. The van der Waals surface area contributed by atoms with E-state index in [-0.39, 0.29) is 0 Å². The average molecular weight is 1200 g/mol. The number of fused-ring (bicyclic) bond motifs is 6. The molecule has 1 aromatic heterocycles. The molecular formula is C86H78N2O4. The Hall–Kier alpha value is -10.6. The smallest absolute Gasteiger partial charge is 0.120 e. The van der Waals surface area contributed by atoms with Crippen molar-refractivity contribution in [2.45, 2.75) is 63.2 Å². The van der Waals surface area contributed by atoms with Crippen LogP contribution >= 0.6 is 0 Å². The van der Waals surface area contributed by atoms with Crippen LogP contribution in [0.1, 0.15) is 90.3 Å². The highest BCUT2D eigenvalue weighted by molar-refractivity contribution is 6.11. The van der Waals surface area contributed by atoms with E-state index >= 15 is 0 Å². The van der Waals surface area contributed by atoms with Crippen LogP contribution in [0.2, 0.25) is 0 Å². The number of rotatable bonds is 29. The molecule has 1 aliphatic rings. The van der Waals surface area contributed by atoms with Crippen molar-refractivity contribution in [2.24, 2.45) is 0 Å². The zero-order chi connectivity index (χ0) is 62.5. The van der Waals surface area contributed by atoms with Gasteiger partial charge in [-0.3, -0.25) is 0 Å². The lowest BCUT2D eigenvalue weighted by Gasteiger charge is -2.34. The standard InChI is InChI=1S/C86H78N2O4/c1-4-63-29-31-66(32-30-63)62-86(69-23-13-11-14-24-69)82-28-18-17-27-78(82)79-52-44-73(60-83(79)86)87(70-25-15-12-16-26-70)71-40-37-67(38-41-71)68-39-53-84-80(59-68)81-61-77(92-58-22-10-9-20-56-90-75-47-35-65(6-3)36-48-75)51-54-85(81)88(84)72-42-49-76(50-43-72)91-57-21-8-7-19-55-89-74-45-33-64(5-2)34-46-74/h4-6,11-18,23-54,59-61H,1-3,7-10,19-22,55-58,62H2. The Bertz CT molecular complexity index is 4460. The third-order valence-corrected chi connectivity index (χ3v) is 18.0. The van der Waals surface area contributed by atoms with Gasteiger partial charge < -0.3 is 28.4 Å². The fourth-order valence-electron chi connectivity index (χ4n) is 13.2. The minimum absolute atomic E-state index is 0.439. The molecule has 12 aromatic rings. The molecule has 0 spiro atoms. The second-order valence-electron chi connectivity index (χ2n) is 23.9. The van der Waals surface area contributed by atoms with Crippen LogP contribution in [0, 0.1) is 0 Å². The molecule has 1 atom stereocenters. The van der Waals surface area contributed by atoms with Crippen molar-refractivity contribution in [3.05, 3.63) is 320 Å². The quantitative estimate of drug-likeness (QED) is 0.0437. The van der Waals surface area contributed by atoms with E-state index in [9.17, 15) is 0 Å². The number of para-hydroxylation sites is 1. The zero-order valence-electron chi connectivity index (χ0n) is 52.4. The van der Waals surface area contributed by atoms with E-state index in [1.165, 1.54) is 33.4 Å². The molecule has 456 valence electrons. The zero-order valence-corrected chi connectivity index (χ0v) is 52.4. The Morgan fingerprint density at radius 3 is 1.37 bits per heavy atom. The van der Waals surface area contributed by atoms with Gasteiger partial charge in [0.2, 0.25) is 0 Å². The molecule has 6 heteroatoms. The maximum atomic E-state index is 6.54. The summed E-state index contributed by atoms with van der Waals surface area (Å²) in [5.41, 5.74) is 19.4. The predicted molar refractivity (Wildman–Crippen MR) is 385 cm³/mol. The Morgan fingerprint density at radius 2 is 0.793 bits per heavy atom. The molecule has 11 aromatic carbocycles. The van der Waals surface area contributed by atoms with E-state index in [0.717, 1.165) is 153 Å². The van der Waals surface area contributed by atoms with Crippen LogP contribution in [0.4, 0.5) is 17.1 Å². The van der Waals surface area contributed by atoms with Gasteiger partial charge in [0.05, 0.1) is 42.9 Å². The molecule has 0 amide bonds. The van der Waals surface area contributed by atoms with Crippen LogP contribution in [0.3, 0.4) is 0 Å². The predicted octanol–water partition coefficient (Wildman–Crippen LogP) is 22.4. The fraction of sp³-hybridized carbons (Fsp3) is 0.163. The maximum Gasteiger partial charge on any atom is 0.120 e. The summed E-state index contributed by atoms with van der Waals surface area (Å²) >= 11 is 0. The number of hydrogen-bond acceptors (Lipinski definition) is 5. The first-order valence-electron chi connectivity index (χ1n) is 32.6. The van der Waals surface area contributed by atoms with Gasteiger partial charge in [0.1, 0.15) is 23.0 Å². The van der Waals surface area contributed by atoms with Crippen molar-refractivity contribution < 1.29 is 18.9 Å². The van der Waals surface area contributed by atoms with Crippen LogP contribution in [-0.4, -0.2) is 31.0 Å². The molecular weight excluding hydrogens is 1120 g/mol. The summed E-state index contributed by atoms with van der Waals surface area (Å²) in [7, 11) is 0. The van der Waals surface area contributed by atoms with Crippen LogP contribution in [0.25, 0.3) is 68.0 Å². The highest BCUT2D eigenvalue weighted by Crippen LogP contribution is 2.56. The second kappa shape index (κ2) is 28.5. The number of anilines is 3. The van der Waals surface area contributed by atoms with Crippen molar-refractivity contribution in [1.29, 1.82) is 0 Å². The van der Waals surface area contributed by atoms with Crippen molar-refractivity contribution in [3.63, 3.8) is 0 Å². The topological polar surface area (TPSA) is 45.1 Å². The first-order valence-corrected chi connectivity index (χ1v) is 32.6. The van der Waals surface area contributed by atoms with E-state index in [4.69, 9.17) is 18.9 Å². The molecule has 92 heavy (non-hydrogen) atoms. The van der Waals surface area contributed by atoms with E-state index in [1.807, 2.05) is 66.8 Å². The lowest BCUT2D eigenvalue weighted by atomic mass is 9.68. The molecule has 0 bridgehead atoms. The highest BCUT2D eigenvalue weighted by atomic mass is 16.5. The molecule has 0 saturated carbocycles. The van der Waals surface area contributed by atoms with E-state index in [1.54, 1.807) is 0 Å². The van der Waals surface area contributed by atoms with Crippen LogP contribution < -0.4 is 23.8 Å². The lowest BCUT2D eigenvalue weighted by molar-refractivity contribution is 0.287. The molecule has 1 unspecified atom stereocenters. The highest BCUT2D eigenvalue weighted by Gasteiger charge is 2.45. The normalized spacial score (nSPS) is 13.1. The Kier molecular flexibility index (Phi) is 18.7. The third kappa shape index (κ3) is 13.2. The molecule has 1 heterocycles. The molecule has 0 radical (unpaired) electrons. The molecule has 0 N–H and O–H groups in total. The van der Waals surface area contributed by atoms with Crippen molar-refractivity contribution >= 4 is 57.1 Å². The second-order valence-corrected chi connectivity index (χ2v) is 23.9. The molecule has 13 rings (SSSR count). The lowest BCUT2D eigenvalue weighted by Crippen LogP contribution is -2.30. The number of aromatic nitrogens is 1. The summed E-state index contributed by atoms with van der Waals surface area (Å²) < 4.78 is 27.2. The number of hydrogen-bond donors (Lipinski definition) is 0. The summed E-state index contributed by atoms with van der Waals surface area (Å²) in [5, 5.41) is 2.30. The fourth-order valence-corrected chi connectivity index (χ4v) is 13.2. The van der Waals surface area contributed by atoms with E-state index in [0.29, 0.717) is 26.4 Å². The van der Waals surface area contributed by atoms with Crippen molar-refractivity contribution in [2.75, 3.05) is 31.3 Å². The van der Waals surface area contributed by atoms with Crippen molar-refractivity contribution in [1.82, 2.24) is 4.57 Å². The SMILES string of the molecule is C=Cc1ccc(CC2(c3ccccc3)c3ccccc3-c3ccc(N(c4ccccc4)c4ccc(-c5ccc6c(c5)c5cc(OCCCCCCOc7ccc(C=C)cc7)ccc5n6-c5ccc(OCCCCCCOc6ccc(C=C)cc6)cc5)cc4)cc32)cc1. The van der Waals surface area contributed by atoms with Crippen molar-refractivity contribution in [3.8, 4) is 50.9 Å². The monoisotopic (exact) mass is 1200 g/mol. The van der Waals surface area contributed by atoms with Crippen LogP contribution in [0.5, 0.6) is 23.0 Å². The summed E-state index contributed by atoms with van der Waals surface area (Å²) in [6.45, 7) is 14.4. The van der Waals surface area contributed by atoms with Gasteiger partial charge in [0.25, 0.3) is 0 Å². The van der Waals surface area contributed by atoms with E-state index in [2.05, 4.69) is 242 Å². The first-order chi connectivity index (χ1) is 45.5. The first kappa shape index (κ1) is 60.4. The minimum Gasteiger partial charge on any atom is -0.494 e. The van der Waals surface area contributed by atoms with Gasteiger partial charge in [0, 0.05) is 33.5 Å². The Balaban J connectivity index is 0.764. The third-order valence-electron chi connectivity index (χ3n) is 18.0. The largest absolute Gasteiger partial charge is 0.494 e. The summed E-state index contributed by atoms with van der Waals surface area (Å²) in [6.07, 6.45) is 14.7. The number of ether oxygens (including phenoxy) is 4. The van der Waals surface area contributed by atoms with Gasteiger partial charge in [-0.2, -0.15) is 0 Å². The molecule has 0 aliphatic heterocycles. The van der Waals surface area contributed by atoms with Gasteiger partial charge in [-0.25, -0.2) is 0 Å². The van der Waals surface area contributed by atoms with E-state index < -0.39 is 5.41 Å². The Morgan fingerprint density at radius 1 is 0.348 bits per heavy atom.